The van der Waals surface area contributed by atoms with E-state index in [0.29, 0.717) is 30.3 Å². The number of benzene rings is 2. The number of ketones is 1. The van der Waals surface area contributed by atoms with Gasteiger partial charge in [-0.1, -0.05) is 12.1 Å². The summed E-state index contributed by atoms with van der Waals surface area (Å²) in [5.41, 5.74) is 2.12. The van der Waals surface area contributed by atoms with Crippen molar-refractivity contribution in [1.82, 2.24) is 0 Å². The second-order valence-electron chi connectivity index (χ2n) is 7.73. The van der Waals surface area contributed by atoms with Crippen LogP contribution in [0.2, 0.25) is 0 Å². The van der Waals surface area contributed by atoms with Crippen LogP contribution in [-0.4, -0.2) is 33.7 Å². The zero-order chi connectivity index (χ0) is 22.2. The molecule has 0 aromatic heterocycles. The monoisotopic (exact) mass is 428 g/mol. The molecule has 0 spiro atoms. The maximum atomic E-state index is 11.0. The molecule has 1 fully saturated rings. The molecule has 0 saturated carbocycles. The maximum Gasteiger partial charge on any atom is 0.203 e. The van der Waals surface area contributed by atoms with Gasteiger partial charge in [-0.05, 0) is 68.0 Å². The van der Waals surface area contributed by atoms with Crippen LogP contribution in [0, 0.1) is 0 Å². The summed E-state index contributed by atoms with van der Waals surface area (Å²) in [6.07, 6.45) is 4.12. The van der Waals surface area contributed by atoms with Gasteiger partial charge in [-0.15, -0.1) is 0 Å². The molecular weight excluding hydrogens is 396 g/mol. The van der Waals surface area contributed by atoms with Gasteiger partial charge in [0.05, 0.1) is 40.1 Å². The molecule has 6 nitrogen and oxygen atoms in total. The minimum Gasteiger partial charge on any atom is -0.494 e. The van der Waals surface area contributed by atoms with Crippen molar-refractivity contribution in [3.63, 3.8) is 0 Å². The third-order valence-corrected chi connectivity index (χ3v) is 5.50. The molecule has 1 saturated heterocycles. The lowest BCUT2D eigenvalue weighted by molar-refractivity contribution is -0.117. The summed E-state index contributed by atoms with van der Waals surface area (Å²) in [4.78, 5) is 11.0. The van der Waals surface area contributed by atoms with Crippen LogP contribution >= 0.6 is 0 Å². The first-order valence-corrected chi connectivity index (χ1v) is 10.7. The Labute approximate surface area is 184 Å². The quantitative estimate of drug-likeness (QED) is 0.444. The number of unbranched alkanes of at least 4 members (excludes halogenated alkanes) is 1. The van der Waals surface area contributed by atoms with Crippen molar-refractivity contribution in [2.45, 2.75) is 51.2 Å². The number of Topliss-reactive ketones (excluding diaryl/α,β-unsaturated/α-hetero) is 1. The lowest BCUT2D eigenvalue weighted by Crippen LogP contribution is -2.03. The second-order valence-corrected chi connectivity index (χ2v) is 7.73. The highest BCUT2D eigenvalue weighted by Crippen LogP contribution is 2.46. The summed E-state index contributed by atoms with van der Waals surface area (Å²) >= 11 is 0. The van der Waals surface area contributed by atoms with Crippen molar-refractivity contribution < 1.29 is 28.5 Å². The molecule has 1 aliphatic rings. The van der Waals surface area contributed by atoms with E-state index in [9.17, 15) is 4.79 Å². The molecule has 1 heterocycles. The summed E-state index contributed by atoms with van der Waals surface area (Å²) in [5, 5.41) is 0. The zero-order valence-corrected chi connectivity index (χ0v) is 18.8. The fourth-order valence-corrected chi connectivity index (χ4v) is 3.89. The molecule has 0 amide bonds. The molecule has 3 rings (SSSR count). The van der Waals surface area contributed by atoms with Crippen molar-refractivity contribution >= 4 is 5.78 Å². The van der Waals surface area contributed by atoms with Gasteiger partial charge in [-0.3, -0.25) is 0 Å². The molecule has 0 aliphatic carbocycles. The molecule has 0 unspecified atom stereocenters. The van der Waals surface area contributed by atoms with E-state index in [4.69, 9.17) is 23.7 Å². The van der Waals surface area contributed by atoms with Gasteiger partial charge in [0.25, 0.3) is 0 Å². The van der Waals surface area contributed by atoms with Gasteiger partial charge in [0.15, 0.2) is 11.5 Å². The Morgan fingerprint density at radius 2 is 1.61 bits per heavy atom. The first kappa shape index (κ1) is 22.9. The van der Waals surface area contributed by atoms with E-state index in [2.05, 4.69) is 6.07 Å². The molecule has 1 aliphatic heterocycles. The third kappa shape index (κ3) is 5.91. The van der Waals surface area contributed by atoms with Gasteiger partial charge in [-0.2, -0.15) is 0 Å². The smallest absolute Gasteiger partial charge is 0.203 e. The number of carbonyl (C=O) groups excluding carboxylic acids is 1. The summed E-state index contributed by atoms with van der Waals surface area (Å²) in [5.74, 6) is 2.90. The molecule has 2 atom stereocenters. The van der Waals surface area contributed by atoms with Gasteiger partial charge in [0.2, 0.25) is 5.75 Å². The molecule has 0 radical (unpaired) electrons. The number of hydrogen-bond acceptors (Lipinski definition) is 6. The summed E-state index contributed by atoms with van der Waals surface area (Å²) in [6.45, 7) is 2.23. The Morgan fingerprint density at radius 1 is 0.935 bits per heavy atom. The molecule has 0 bridgehead atoms. The maximum absolute atomic E-state index is 11.0. The van der Waals surface area contributed by atoms with Crippen LogP contribution in [0.4, 0.5) is 0 Å². The van der Waals surface area contributed by atoms with Crippen LogP contribution in [0.5, 0.6) is 23.0 Å². The molecule has 168 valence electrons. The number of hydrogen-bond donors (Lipinski definition) is 0. The first-order chi connectivity index (χ1) is 15.0. The number of rotatable bonds is 11. The lowest BCUT2D eigenvalue weighted by Gasteiger charge is -2.18. The summed E-state index contributed by atoms with van der Waals surface area (Å²) in [7, 11) is 4.83. The Balaban J connectivity index is 1.64. The van der Waals surface area contributed by atoms with E-state index >= 15 is 0 Å². The number of methoxy groups -OCH3 is 3. The molecule has 0 N–H and O–H groups in total. The minimum atomic E-state index is -0.0464. The Kier molecular flexibility index (Phi) is 8.18. The fraction of sp³-hybridized carbons (Fsp3) is 0.480. The first-order valence-electron chi connectivity index (χ1n) is 10.7. The van der Waals surface area contributed by atoms with E-state index in [0.717, 1.165) is 42.6 Å². The van der Waals surface area contributed by atoms with Gasteiger partial charge < -0.3 is 28.5 Å². The van der Waals surface area contributed by atoms with Gasteiger partial charge >= 0.3 is 0 Å². The third-order valence-electron chi connectivity index (χ3n) is 5.50. The van der Waals surface area contributed by atoms with Crippen molar-refractivity contribution in [2.24, 2.45) is 0 Å². The summed E-state index contributed by atoms with van der Waals surface area (Å²) in [6, 6.07) is 12.0. The fourth-order valence-electron chi connectivity index (χ4n) is 3.89. The molecule has 2 aromatic rings. The van der Waals surface area contributed by atoms with E-state index in [-0.39, 0.29) is 18.0 Å². The highest BCUT2D eigenvalue weighted by molar-refractivity contribution is 5.75. The number of ether oxygens (including phenoxy) is 5. The predicted octanol–water partition coefficient (Wildman–Crippen LogP) is 5.44. The highest BCUT2D eigenvalue weighted by atomic mass is 16.5. The van der Waals surface area contributed by atoms with E-state index in [1.807, 2.05) is 30.3 Å². The minimum absolute atomic E-state index is 0.00496. The topological polar surface area (TPSA) is 63.2 Å². The SMILES string of the molecule is COc1cc([C@@H]2CC[C@@H](c3cccc(OCCCCC(C)=O)c3)O2)cc(OC)c1OC. The van der Waals surface area contributed by atoms with Crippen LogP contribution < -0.4 is 18.9 Å². The second kappa shape index (κ2) is 11.0. The Bertz CT molecular complexity index is 853. The average molecular weight is 429 g/mol. The van der Waals surface area contributed by atoms with Crippen molar-refractivity contribution in [2.75, 3.05) is 27.9 Å². The van der Waals surface area contributed by atoms with Crippen LogP contribution in [-0.2, 0) is 9.53 Å². The lowest BCUT2D eigenvalue weighted by atomic mass is 10.0. The Hall–Kier alpha value is -2.73. The van der Waals surface area contributed by atoms with E-state index in [1.165, 1.54) is 0 Å². The van der Waals surface area contributed by atoms with Crippen LogP contribution in [0.25, 0.3) is 0 Å². The average Bonchev–Trinajstić information content (AvgIpc) is 3.28. The van der Waals surface area contributed by atoms with Crippen LogP contribution in [0.3, 0.4) is 0 Å². The Morgan fingerprint density at radius 3 is 2.23 bits per heavy atom. The number of carbonyl (C=O) groups is 1. The zero-order valence-electron chi connectivity index (χ0n) is 18.8. The van der Waals surface area contributed by atoms with Crippen LogP contribution in [0.15, 0.2) is 36.4 Å². The standard InChI is InChI=1S/C25H32O6/c1-17(26)8-5-6-13-30-20-10-7-9-18(14-20)21-11-12-22(31-21)19-15-23(27-2)25(29-4)24(16-19)28-3/h7,9-10,14-16,21-22H,5-6,8,11-13H2,1-4H3/t21-,22-/m0/s1. The van der Waals surface area contributed by atoms with Crippen LogP contribution in [0.1, 0.15) is 62.4 Å². The molecular formula is C25H32O6. The molecule has 31 heavy (non-hydrogen) atoms. The van der Waals surface area contributed by atoms with E-state index in [1.54, 1.807) is 28.3 Å². The molecule has 2 aromatic carbocycles. The highest BCUT2D eigenvalue weighted by Gasteiger charge is 2.29. The largest absolute Gasteiger partial charge is 0.494 e. The van der Waals surface area contributed by atoms with E-state index < -0.39 is 0 Å². The van der Waals surface area contributed by atoms with Crippen molar-refractivity contribution in [3.05, 3.63) is 47.5 Å². The molecule has 6 heteroatoms. The van der Waals surface area contributed by atoms with Gasteiger partial charge in [-0.25, -0.2) is 0 Å². The van der Waals surface area contributed by atoms with Gasteiger partial charge in [0.1, 0.15) is 11.5 Å². The normalized spacial score (nSPS) is 17.9. The van der Waals surface area contributed by atoms with Crippen molar-refractivity contribution in [1.29, 1.82) is 0 Å². The van der Waals surface area contributed by atoms with Crippen molar-refractivity contribution in [3.8, 4) is 23.0 Å². The predicted molar refractivity (Wildman–Crippen MR) is 118 cm³/mol. The summed E-state index contributed by atoms with van der Waals surface area (Å²) < 4.78 is 28.6. The van der Waals surface area contributed by atoms with Gasteiger partial charge in [0, 0.05) is 6.42 Å².